The third kappa shape index (κ3) is 2.02. The van der Waals surface area contributed by atoms with E-state index in [0.29, 0.717) is 12.3 Å². The van der Waals surface area contributed by atoms with E-state index in [9.17, 15) is 5.11 Å². The van der Waals surface area contributed by atoms with Gasteiger partial charge in [0.15, 0.2) is 0 Å². The van der Waals surface area contributed by atoms with Gasteiger partial charge in [-0.1, -0.05) is 30.3 Å². The lowest BCUT2D eigenvalue weighted by Gasteiger charge is -2.05. The van der Waals surface area contributed by atoms with Crippen LogP contribution < -0.4 is 5.32 Å². The molecule has 18 heavy (non-hydrogen) atoms. The maximum atomic E-state index is 9.70. The highest BCUT2D eigenvalue weighted by molar-refractivity contribution is 7.11. The fraction of sp³-hybridized carbons (Fsp3) is 0.0714. The summed E-state index contributed by atoms with van der Waals surface area (Å²) in [5, 5.41) is 15.2. The number of phenols is 1. The Kier molecular flexibility index (Phi) is 2.86. The fourth-order valence-corrected chi connectivity index (χ4v) is 2.61. The van der Waals surface area contributed by atoms with E-state index in [4.69, 9.17) is 0 Å². The maximum absolute atomic E-state index is 9.70. The van der Waals surface area contributed by atoms with Crippen molar-refractivity contribution >= 4 is 27.4 Å². The summed E-state index contributed by atoms with van der Waals surface area (Å²) in [5.74, 6) is 0.318. The molecule has 1 aromatic heterocycles. The smallest absolute Gasteiger partial charge is 0.120 e. The summed E-state index contributed by atoms with van der Waals surface area (Å²) >= 11 is 1.45. The van der Waals surface area contributed by atoms with Crippen LogP contribution in [0.5, 0.6) is 5.75 Å². The summed E-state index contributed by atoms with van der Waals surface area (Å²) in [5.41, 5.74) is 1.89. The Hall–Kier alpha value is -2.07. The van der Waals surface area contributed by atoms with Gasteiger partial charge in [0, 0.05) is 17.5 Å². The molecule has 2 N–H and O–H groups in total. The lowest BCUT2D eigenvalue weighted by Crippen LogP contribution is -1.97. The van der Waals surface area contributed by atoms with E-state index in [0.717, 1.165) is 21.5 Å². The molecule has 0 saturated heterocycles. The molecule has 0 bridgehead atoms. The van der Waals surface area contributed by atoms with E-state index in [1.807, 2.05) is 42.5 Å². The van der Waals surface area contributed by atoms with E-state index in [1.54, 1.807) is 6.07 Å². The Balaban J connectivity index is 1.83. The molecule has 0 aliphatic rings. The molecule has 1 heterocycles. The molecule has 0 spiro atoms. The van der Waals surface area contributed by atoms with Gasteiger partial charge in [0.1, 0.15) is 10.8 Å². The minimum Gasteiger partial charge on any atom is -0.508 e. The van der Waals surface area contributed by atoms with Crippen LogP contribution in [-0.4, -0.2) is 9.48 Å². The number of rotatable bonds is 3. The second-order valence-electron chi connectivity index (χ2n) is 4.01. The molecule has 0 fully saturated rings. The molecular weight excluding hydrogens is 244 g/mol. The van der Waals surface area contributed by atoms with E-state index in [1.165, 1.54) is 11.5 Å². The van der Waals surface area contributed by atoms with Crippen LogP contribution >= 0.6 is 11.5 Å². The first-order valence-electron chi connectivity index (χ1n) is 5.70. The van der Waals surface area contributed by atoms with Gasteiger partial charge in [-0.25, -0.2) is 0 Å². The van der Waals surface area contributed by atoms with Crippen LogP contribution in [0.25, 0.3) is 10.9 Å². The minimum atomic E-state index is 0.318. The first-order valence-corrected chi connectivity index (χ1v) is 6.47. The molecule has 0 aliphatic heterocycles. The third-order valence-electron chi connectivity index (χ3n) is 2.81. The van der Waals surface area contributed by atoms with E-state index in [2.05, 4.69) is 9.69 Å². The molecule has 0 radical (unpaired) electrons. The Bertz CT molecular complexity index is 678. The summed E-state index contributed by atoms with van der Waals surface area (Å²) in [7, 11) is 0. The van der Waals surface area contributed by atoms with Gasteiger partial charge in [0.2, 0.25) is 0 Å². The summed E-state index contributed by atoms with van der Waals surface area (Å²) < 4.78 is 4.37. The topological polar surface area (TPSA) is 45.1 Å². The number of fused-ring (bicyclic) bond motifs is 1. The van der Waals surface area contributed by atoms with Gasteiger partial charge in [-0.3, -0.25) is 0 Å². The second-order valence-corrected chi connectivity index (χ2v) is 4.78. The fourth-order valence-electron chi connectivity index (χ4n) is 1.85. The van der Waals surface area contributed by atoms with Crippen LogP contribution in [0.3, 0.4) is 0 Å². The number of aromatic nitrogens is 1. The average molecular weight is 256 g/mol. The lowest BCUT2D eigenvalue weighted by atomic mass is 10.2. The SMILES string of the molecule is Oc1ccccc1CNc1snc2ccccc12. The first kappa shape index (κ1) is 11.0. The summed E-state index contributed by atoms with van der Waals surface area (Å²) in [4.78, 5) is 0. The maximum Gasteiger partial charge on any atom is 0.120 e. The predicted molar refractivity (Wildman–Crippen MR) is 75.1 cm³/mol. The van der Waals surface area contributed by atoms with Crippen molar-refractivity contribution in [3.63, 3.8) is 0 Å². The molecule has 2 aromatic carbocycles. The molecule has 0 atom stereocenters. The Morgan fingerprint density at radius 1 is 1.06 bits per heavy atom. The zero-order valence-corrected chi connectivity index (χ0v) is 10.4. The van der Waals surface area contributed by atoms with E-state index < -0.39 is 0 Å². The predicted octanol–water partition coefficient (Wildman–Crippen LogP) is 3.61. The van der Waals surface area contributed by atoms with Crippen molar-refractivity contribution in [1.82, 2.24) is 4.37 Å². The van der Waals surface area contributed by atoms with Gasteiger partial charge in [-0.2, -0.15) is 4.37 Å². The van der Waals surface area contributed by atoms with E-state index >= 15 is 0 Å². The molecular formula is C14H12N2OS. The van der Waals surface area contributed by atoms with Crippen molar-refractivity contribution in [2.24, 2.45) is 0 Å². The number of aromatic hydroxyl groups is 1. The van der Waals surface area contributed by atoms with Crippen LogP contribution in [-0.2, 0) is 6.54 Å². The number of anilines is 1. The number of hydrogen-bond donors (Lipinski definition) is 2. The summed E-state index contributed by atoms with van der Waals surface area (Å²) in [6.07, 6.45) is 0. The zero-order chi connectivity index (χ0) is 12.4. The normalized spacial score (nSPS) is 10.7. The second kappa shape index (κ2) is 4.66. The Morgan fingerprint density at radius 3 is 2.72 bits per heavy atom. The van der Waals surface area contributed by atoms with Crippen molar-refractivity contribution < 1.29 is 5.11 Å². The van der Waals surface area contributed by atoms with Crippen molar-refractivity contribution in [3.05, 3.63) is 54.1 Å². The number of hydrogen-bond acceptors (Lipinski definition) is 4. The van der Waals surface area contributed by atoms with Crippen LogP contribution in [0.1, 0.15) is 5.56 Å². The zero-order valence-electron chi connectivity index (χ0n) is 9.63. The van der Waals surface area contributed by atoms with Gasteiger partial charge in [0.25, 0.3) is 0 Å². The van der Waals surface area contributed by atoms with Crippen molar-refractivity contribution in [2.45, 2.75) is 6.54 Å². The van der Waals surface area contributed by atoms with Crippen LogP contribution in [0.2, 0.25) is 0 Å². The van der Waals surface area contributed by atoms with E-state index in [-0.39, 0.29) is 0 Å². The molecule has 3 nitrogen and oxygen atoms in total. The third-order valence-corrected chi connectivity index (χ3v) is 3.65. The molecule has 3 rings (SSSR count). The van der Waals surface area contributed by atoms with Gasteiger partial charge >= 0.3 is 0 Å². The minimum absolute atomic E-state index is 0.318. The molecule has 3 aromatic rings. The van der Waals surface area contributed by atoms with Gasteiger partial charge < -0.3 is 10.4 Å². The molecule has 4 heteroatoms. The number of nitrogens with zero attached hydrogens (tertiary/aromatic N) is 1. The quantitative estimate of drug-likeness (QED) is 0.752. The van der Waals surface area contributed by atoms with Crippen LogP contribution in [0.15, 0.2) is 48.5 Å². The summed E-state index contributed by atoms with van der Waals surface area (Å²) in [6.45, 7) is 0.596. The lowest BCUT2D eigenvalue weighted by molar-refractivity contribution is 0.469. The number of phenolic OH excluding ortho intramolecular Hbond substituents is 1. The van der Waals surface area contributed by atoms with Crippen molar-refractivity contribution in [1.29, 1.82) is 0 Å². The first-order chi connectivity index (χ1) is 8.84. The van der Waals surface area contributed by atoms with Crippen LogP contribution in [0, 0.1) is 0 Å². The molecule has 0 aliphatic carbocycles. The standard InChI is InChI=1S/C14H12N2OS/c17-13-8-4-1-5-10(13)9-15-14-11-6-2-3-7-12(11)16-18-14/h1-8,15,17H,9H2. The van der Waals surface area contributed by atoms with Crippen molar-refractivity contribution in [3.8, 4) is 5.75 Å². The average Bonchev–Trinajstić information content (AvgIpc) is 2.81. The highest BCUT2D eigenvalue weighted by Gasteiger charge is 2.05. The van der Waals surface area contributed by atoms with Crippen LogP contribution in [0.4, 0.5) is 5.00 Å². The van der Waals surface area contributed by atoms with Gasteiger partial charge in [-0.05, 0) is 29.7 Å². The number of para-hydroxylation sites is 1. The van der Waals surface area contributed by atoms with Gasteiger partial charge in [0.05, 0.1) is 5.52 Å². The van der Waals surface area contributed by atoms with Gasteiger partial charge in [-0.15, -0.1) is 0 Å². The highest BCUT2D eigenvalue weighted by atomic mass is 32.1. The molecule has 0 unspecified atom stereocenters. The Morgan fingerprint density at radius 2 is 1.83 bits per heavy atom. The number of nitrogens with one attached hydrogen (secondary N) is 1. The molecule has 0 amide bonds. The highest BCUT2D eigenvalue weighted by Crippen LogP contribution is 2.28. The van der Waals surface area contributed by atoms with Crippen molar-refractivity contribution in [2.75, 3.05) is 5.32 Å². The molecule has 0 saturated carbocycles. The monoisotopic (exact) mass is 256 g/mol. The molecule has 90 valence electrons. The largest absolute Gasteiger partial charge is 0.508 e. The summed E-state index contributed by atoms with van der Waals surface area (Å²) in [6, 6.07) is 15.4. The number of benzene rings is 2. The Labute approximate surface area is 109 Å².